The molecule has 0 saturated heterocycles. The summed E-state index contributed by atoms with van der Waals surface area (Å²) in [5, 5.41) is 3.17. The molecule has 0 amide bonds. The Morgan fingerprint density at radius 1 is 0.950 bits per heavy atom. The van der Waals surface area contributed by atoms with Crippen LogP contribution in [0.4, 0.5) is 0 Å². The lowest BCUT2D eigenvalue weighted by atomic mass is 9.98. The molecule has 0 aliphatic rings. The van der Waals surface area contributed by atoms with Gasteiger partial charge in [0.2, 0.25) is 0 Å². The molecule has 3 aromatic carbocycles. The number of rotatable bonds is 1. The van der Waals surface area contributed by atoms with Crippen molar-refractivity contribution in [3.8, 4) is 11.1 Å². The Kier molecular flexibility index (Phi) is 2.72. The quantitative estimate of drug-likeness (QED) is 0.434. The molecule has 0 fully saturated rings. The fourth-order valence-electron chi connectivity index (χ4n) is 2.55. The third-order valence-corrected chi connectivity index (χ3v) is 4.60. The summed E-state index contributed by atoms with van der Waals surface area (Å²) in [5.74, 6) is 0. The molecular formula is C17H10ClNS. The Bertz CT molecular complexity index is 926. The number of aromatic nitrogens is 1. The molecule has 0 N–H and O–H groups in total. The zero-order valence-electron chi connectivity index (χ0n) is 10.5. The van der Waals surface area contributed by atoms with Crippen molar-refractivity contribution < 1.29 is 0 Å². The lowest BCUT2D eigenvalue weighted by Gasteiger charge is -2.09. The zero-order chi connectivity index (χ0) is 13.5. The second-order valence-electron chi connectivity index (χ2n) is 4.68. The van der Waals surface area contributed by atoms with Crippen LogP contribution in [0.1, 0.15) is 0 Å². The summed E-state index contributed by atoms with van der Waals surface area (Å²) in [6, 6.07) is 18.7. The maximum atomic E-state index is 6.45. The Morgan fingerprint density at radius 3 is 2.80 bits per heavy atom. The normalized spacial score (nSPS) is 11.2. The highest BCUT2D eigenvalue weighted by Crippen LogP contribution is 2.36. The van der Waals surface area contributed by atoms with Gasteiger partial charge in [0.05, 0.1) is 15.7 Å². The van der Waals surface area contributed by atoms with E-state index in [0.717, 1.165) is 21.7 Å². The highest BCUT2D eigenvalue weighted by molar-refractivity contribution is 7.16. The van der Waals surface area contributed by atoms with Crippen LogP contribution in [0.3, 0.4) is 0 Å². The Labute approximate surface area is 125 Å². The van der Waals surface area contributed by atoms with Crippen molar-refractivity contribution >= 4 is 43.9 Å². The van der Waals surface area contributed by atoms with Crippen molar-refractivity contribution in [1.82, 2.24) is 4.98 Å². The minimum atomic E-state index is 0.785. The molecule has 1 nitrogen and oxygen atoms in total. The lowest BCUT2D eigenvalue weighted by molar-refractivity contribution is 1.50. The van der Waals surface area contributed by atoms with Gasteiger partial charge < -0.3 is 0 Å². The van der Waals surface area contributed by atoms with Crippen molar-refractivity contribution in [1.29, 1.82) is 0 Å². The molecule has 0 bridgehead atoms. The van der Waals surface area contributed by atoms with Crippen molar-refractivity contribution in [2.24, 2.45) is 0 Å². The highest BCUT2D eigenvalue weighted by atomic mass is 35.5. The van der Waals surface area contributed by atoms with E-state index in [9.17, 15) is 0 Å². The van der Waals surface area contributed by atoms with Gasteiger partial charge in [-0.05, 0) is 34.5 Å². The van der Waals surface area contributed by atoms with E-state index >= 15 is 0 Å². The number of hydrogen-bond donors (Lipinski definition) is 0. The fourth-order valence-corrected chi connectivity index (χ4v) is 3.54. The first-order chi connectivity index (χ1) is 9.83. The van der Waals surface area contributed by atoms with Gasteiger partial charge in [0.1, 0.15) is 0 Å². The van der Waals surface area contributed by atoms with E-state index in [1.807, 2.05) is 23.7 Å². The van der Waals surface area contributed by atoms with Crippen molar-refractivity contribution in [3.05, 3.63) is 65.1 Å². The molecule has 4 rings (SSSR count). The van der Waals surface area contributed by atoms with Gasteiger partial charge in [0.25, 0.3) is 0 Å². The van der Waals surface area contributed by atoms with Crippen LogP contribution in [0.5, 0.6) is 0 Å². The van der Waals surface area contributed by atoms with Crippen LogP contribution < -0.4 is 0 Å². The minimum absolute atomic E-state index is 0.785. The first kappa shape index (κ1) is 11.9. The molecule has 1 aromatic heterocycles. The summed E-state index contributed by atoms with van der Waals surface area (Å²) in [6.07, 6.45) is 0. The molecule has 1 heterocycles. The topological polar surface area (TPSA) is 12.9 Å². The first-order valence-corrected chi connectivity index (χ1v) is 7.59. The van der Waals surface area contributed by atoms with Crippen LogP contribution in [-0.4, -0.2) is 4.98 Å². The van der Waals surface area contributed by atoms with Gasteiger partial charge in [0, 0.05) is 10.6 Å². The molecule has 0 aliphatic heterocycles. The van der Waals surface area contributed by atoms with Gasteiger partial charge in [-0.2, -0.15) is 0 Å². The number of benzene rings is 3. The summed E-state index contributed by atoms with van der Waals surface area (Å²) in [6.45, 7) is 0. The van der Waals surface area contributed by atoms with E-state index in [1.54, 1.807) is 11.3 Å². The molecule has 96 valence electrons. The summed E-state index contributed by atoms with van der Waals surface area (Å²) >= 11 is 8.10. The monoisotopic (exact) mass is 295 g/mol. The average molecular weight is 296 g/mol. The van der Waals surface area contributed by atoms with Gasteiger partial charge in [-0.1, -0.05) is 48.0 Å². The van der Waals surface area contributed by atoms with Gasteiger partial charge in [-0.15, -0.1) is 11.3 Å². The van der Waals surface area contributed by atoms with Crippen LogP contribution in [0.15, 0.2) is 60.1 Å². The number of thiazole rings is 1. The van der Waals surface area contributed by atoms with Gasteiger partial charge >= 0.3 is 0 Å². The molecule has 0 atom stereocenters. The molecule has 3 heteroatoms. The molecule has 0 radical (unpaired) electrons. The van der Waals surface area contributed by atoms with Crippen LogP contribution in [0, 0.1) is 0 Å². The minimum Gasteiger partial charge on any atom is -0.245 e. The highest BCUT2D eigenvalue weighted by Gasteiger charge is 2.09. The third kappa shape index (κ3) is 1.80. The number of fused-ring (bicyclic) bond motifs is 2. The Hall–Kier alpha value is -1.90. The standard InChI is InChI=1S/C17H10ClNS/c18-14-7-5-11-3-1-2-4-13(11)17(14)12-6-8-15-16(9-12)20-10-19-15/h1-10H. The van der Waals surface area contributed by atoms with Crippen molar-refractivity contribution in [2.75, 3.05) is 0 Å². The van der Waals surface area contributed by atoms with Crippen molar-refractivity contribution in [3.63, 3.8) is 0 Å². The predicted molar refractivity (Wildman–Crippen MR) is 87.6 cm³/mol. The van der Waals surface area contributed by atoms with Gasteiger partial charge in [0.15, 0.2) is 0 Å². The van der Waals surface area contributed by atoms with Crippen LogP contribution >= 0.6 is 22.9 Å². The maximum Gasteiger partial charge on any atom is 0.0812 e. The molecule has 0 saturated carbocycles. The molecular weight excluding hydrogens is 286 g/mol. The lowest BCUT2D eigenvalue weighted by Crippen LogP contribution is -1.83. The van der Waals surface area contributed by atoms with E-state index < -0.39 is 0 Å². The summed E-state index contributed by atoms with van der Waals surface area (Å²) in [5.41, 5.74) is 5.15. The van der Waals surface area contributed by atoms with E-state index in [2.05, 4.69) is 41.4 Å². The fraction of sp³-hybridized carbons (Fsp3) is 0. The van der Waals surface area contributed by atoms with Gasteiger partial charge in [-0.25, -0.2) is 4.98 Å². The smallest absolute Gasteiger partial charge is 0.0812 e. The third-order valence-electron chi connectivity index (χ3n) is 3.50. The number of halogens is 1. The SMILES string of the molecule is Clc1ccc2ccccc2c1-c1ccc2ncsc2c1. The predicted octanol–water partition coefficient (Wildman–Crippen LogP) is 5.77. The number of hydrogen-bond acceptors (Lipinski definition) is 2. The largest absolute Gasteiger partial charge is 0.245 e. The van der Waals surface area contributed by atoms with Crippen LogP contribution in [0.2, 0.25) is 5.02 Å². The zero-order valence-corrected chi connectivity index (χ0v) is 12.1. The van der Waals surface area contributed by atoms with E-state index in [1.165, 1.54) is 15.5 Å². The van der Waals surface area contributed by atoms with E-state index in [0.29, 0.717) is 0 Å². The molecule has 4 aromatic rings. The van der Waals surface area contributed by atoms with Crippen molar-refractivity contribution in [2.45, 2.75) is 0 Å². The second kappa shape index (κ2) is 4.58. The number of nitrogens with zero attached hydrogens (tertiary/aromatic N) is 1. The van der Waals surface area contributed by atoms with E-state index in [4.69, 9.17) is 11.6 Å². The molecule has 0 aliphatic carbocycles. The first-order valence-electron chi connectivity index (χ1n) is 6.34. The van der Waals surface area contributed by atoms with E-state index in [-0.39, 0.29) is 0 Å². The summed E-state index contributed by atoms with van der Waals surface area (Å²) in [7, 11) is 0. The average Bonchev–Trinajstić information content (AvgIpc) is 2.94. The second-order valence-corrected chi connectivity index (χ2v) is 5.97. The van der Waals surface area contributed by atoms with Crippen LogP contribution in [-0.2, 0) is 0 Å². The molecule has 0 unspecified atom stereocenters. The van der Waals surface area contributed by atoms with Gasteiger partial charge in [-0.3, -0.25) is 0 Å². The summed E-state index contributed by atoms with van der Waals surface area (Å²) < 4.78 is 1.19. The molecule has 0 spiro atoms. The maximum absolute atomic E-state index is 6.45. The Balaban J connectivity index is 2.07. The Morgan fingerprint density at radius 2 is 1.85 bits per heavy atom. The molecule has 20 heavy (non-hydrogen) atoms. The van der Waals surface area contributed by atoms with Crippen LogP contribution in [0.25, 0.3) is 32.1 Å². The summed E-state index contributed by atoms with van der Waals surface area (Å²) in [4.78, 5) is 4.32.